The lowest BCUT2D eigenvalue weighted by molar-refractivity contribution is -0.123. The highest BCUT2D eigenvalue weighted by molar-refractivity contribution is 9.11. The van der Waals surface area contributed by atoms with Crippen molar-refractivity contribution in [2.24, 2.45) is 0 Å². The SMILES string of the molecule is O=C(COc1ccc(Br)cc1Br)NNC(=O)c1ccc(OCc2ccccc2)cc1. The van der Waals surface area contributed by atoms with Crippen molar-refractivity contribution in [1.29, 1.82) is 0 Å². The molecule has 30 heavy (non-hydrogen) atoms. The zero-order valence-electron chi connectivity index (χ0n) is 15.7. The molecule has 6 nitrogen and oxygen atoms in total. The first kappa shape index (κ1) is 21.9. The molecule has 0 aliphatic heterocycles. The Morgan fingerprint density at radius 2 is 1.57 bits per heavy atom. The Kier molecular flexibility index (Phi) is 7.87. The first-order chi connectivity index (χ1) is 14.5. The van der Waals surface area contributed by atoms with Crippen LogP contribution >= 0.6 is 31.9 Å². The zero-order valence-corrected chi connectivity index (χ0v) is 18.9. The third kappa shape index (κ3) is 6.60. The number of amides is 2. The van der Waals surface area contributed by atoms with Gasteiger partial charge in [0.25, 0.3) is 11.8 Å². The molecule has 0 aromatic heterocycles. The molecule has 2 amide bonds. The van der Waals surface area contributed by atoms with Gasteiger partial charge in [0, 0.05) is 10.0 Å². The smallest absolute Gasteiger partial charge is 0.276 e. The molecule has 0 saturated heterocycles. The molecule has 0 radical (unpaired) electrons. The summed E-state index contributed by atoms with van der Waals surface area (Å²) < 4.78 is 12.7. The van der Waals surface area contributed by atoms with E-state index in [2.05, 4.69) is 42.7 Å². The van der Waals surface area contributed by atoms with Crippen LogP contribution in [0.25, 0.3) is 0 Å². The molecule has 3 aromatic carbocycles. The van der Waals surface area contributed by atoms with Gasteiger partial charge in [0.2, 0.25) is 0 Å². The number of hydrogen-bond donors (Lipinski definition) is 2. The van der Waals surface area contributed by atoms with Gasteiger partial charge in [-0.05, 0) is 64.0 Å². The summed E-state index contributed by atoms with van der Waals surface area (Å²) in [6.45, 7) is 0.198. The number of nitrogens with one attached hydrogen (secondary N) is 2. The maximum absolute atomic E-state index is 12.2. The number of benzene rings is 3. The standard InChI is InChI=1S/C22H18Br2N2O4/c23-17-8-11-20(19(24)12-17)30-14-21(27)25-26-22(28)16-6-9-18(10-7-16)29-13-15-4-2-1-3-5-15/h1-12H,13-14H2,(H,25,27)(H,26,28). The Hall–Kier alpha value is -2.84. The fourth-order valence-electron chi connectivity index (χ4n) is 2.41. The summed E-state index contributed by atoms with van der Waals surface area (Å²) in [6, 6.07) is 21.8. The first-order valence-corrected chi connectivity index (χ1v) is 10.5. The molecular formula is C22H18Br2N2O4. The second-order valence-corrected chi connectivity index (χ2v) is 7.93. The van der Waals surface area contributed by atoms with Gasteiger partial charge in [-0.25, -0.2) is 0 Å². The van der Waals surface area contributed by atoms with Gasteiger partial charge in [-0.3, -0.25) is 20.4 Å². The van der Waals surface area contributed by atoms with Crippen molar-refractivity contribution in [2.45, 2.75) is 6.61 Å². The molecule has 0 atom stereocenters. The van der Waals surface area contributed by atoms with Crippen LogP contribution in [0.15, 0.2) is 81.7 Å². The van der Waals surface area contributed by atoms with Crippen LogP contribution in [-0.2, 0) is 11.4 Å². The summed E-state index contributed by atoms with van der Waals surface area (Å²) in [7, 11) is 0. The van der Waals surface area contributed by atoms with Crippen molar-refractivity contribution in [3.63, 3.8) is 0 Å². The van der Waals surface area contributed by atoms with Gasteiger partial charge in [-0.1, -0.05) is 46.3 Å². The molecule has 0 aliphatic carbocycles. The largest absolute Gasteiger partial charge is 0.489 e. The predicted molar refractivity (Wildman–Crippen MR) is 120 cm³/mol. The molecule has 2 N–H and O–H groups in total. The average Bonchev–Trinajstić information content (AvgIpc) is 2.76. The maximum Gasteiger partial charge on any atom is 0.276 e. The van der Waals surface area contributed by atoms with Gasteiger partial charge >= 0.3 is 0 Å². The van der Waals surface area contributed by atoms with Crippen LogP contribution in [0.1, 0.15) is 15.9 Å². The summed E-state index contributed by atoms with van der Waals surface area (Å²) in [6.07, 6.45) is 0. The van der Waals surface area contributed by atoms with E-state index in [1.165, 1.54) is 0 Å². The minimum absolute atomic E-state index is 0.243. The molecule has 3 aromatic rings. The molecular weight excluding hydrogens is 516 g/mol. The molecule has 8 heteroatoms. The van der Waals surface area contributed by atoms with E-state index in [4.69, 9.17) is 9.47 Å². The van der Waals surface area contributed by atoms with Crippen LogP contribution in [-0.4, -0.2) is 18.4 Å². The fraction of sp³-hybridized carbons (Fsp3) is 0.0909. The van der Waals surface area contributed by atoms with E-state index in [9.17, 15) is 9.59 Å². The molecule has 0 saturated carbocycles. The van der Waals surface area contributed by atoms with Crippen molar-refractivity contribution in [1.82, 2.24) is 10.9 Å². The Bertz CT molecular complexity index is 1010. The van der Waals surface area contributed by atoms with Crippen LogP contribution in [0.4, 0.5) is 0 Å². The first-order valence-electron chi connectivity index (χ1n) is 8.95. The molecule has 0 spiro atoms. The van der Waals surface area contributed by atoms with Crippen LogP contribution in [0, 0.1) is 0 Å². The number of rotatable bonds is 7. The summed E-state index contributed by atoms with van der Waals surface area (Å²) in [5.41, 5.74) is 6.12. The fourth-order valence-corrected chi connectivity index (χ4v) is 3.58. The highest BCUT2D eigenvalue weighted by atomic mass is 79.9. The van der Waals surface area contributed by atoms with Crippen LogP contribution in [0.3, 0.4) is 0 Å². The normalized spacial score (nSPS) is 10.2. The zero-order chi connectivity index (χ0) is 21.3. The third-order valence-corrected chi connectivity index (χ3v) is 5.05. The van der Waals surface area contributed by atoms with Crippen molar-refractivity contribution in [3.8, 4) is 11.5 Å². The number of carbonyl (C=O) groups is 2. The van der Waals surface area contributed by atoms with E-state index in [1.807, 2.05) is 36.4 Å². The van der Waals surface area contributed by atoms with Crippen molar-refractivity contribution in [3.05, 3.63) is 92.9 Å². The summed E-state index contributed by atoms with van der Waals surface area (Å²) in [5.74, 6) is 0.238. The van der Waals surface area contributed by atoms with E-state index < -0.39 is 11.8 Å². The molecule has 0 aliphatic rings. The van der Waals surface area contributed by atoms with Crippen LogP contribution in [0.2, 0.25) is 0 Å². The third-order valence-electron chi connectivity index (χ3n) is 3.93. The van der Waals surface area contributed by atoms with Gasteiger partial charge < -0.3 is 9.47 Å². The van der Waals surface area contributed by atoms with E-state index in [0.717, 1.165) is 10.0 Å². The molecule has 0 heterocycles. The minimum atomic E-state index is -0.485. The van der Waals surface area contributed by atoms with E-state index in [0.29, 0.717) is 28.1 Å². The van der Waals surface area contributed by atoms with E-state index >= 15 is 0 Å². The molecule has 0 unspecified atom stereocenters. The number of hydrogen-bond acceptors (Lipinski definition) is 4. The Morgan fingerprint density at radius 3 is 2.27 bits per heavy atom. The average molecular weight is 534 g/mol. The Balaban J connectivity index is 1.43. The van der Waals surface area contributed by atoms with Crippen LogP contribution in [0.5, 0.6) is 11.5 Å². The monoisotopic (exact) mass is 532 g/mol. The minimum Gasteiger partial charge on any atom is -0.489 e. The molecule has 0 bridgehead atoms. The highest BCUT2D eigenvalue weighted by Crippen LogP contribution is 2.28. The molecule has 154 valence electrons. The highest BCUT2D eigenvalue weighted by Gasteiger charge is 2.09. The van der Waals surface area contributed by atoms with E-state index in [1.54, 1.807) is 36.4 Å². The lowest BCUT2D eigenvalue weighted by Crippen LogP contribution is -2.43. The van der Waals surface area contributed by atoms with Gasteiger partial charge in [0.1, 0.15) is 18.1 Å². The van der Waals surface area contributed by atoms with E-state index in [-0.39, 0.29) is 6.61 Å². The van der Waals surface area contributed by atoms with Crippen molar-refractivity contribution < 1.29 is 19.1 Å². The Labute approximate surface area is 190 Å². The van der Waals surface area contributed by atoms with Crippen molar-refractivity contribution in [2.75, 3.05) is 6.61 Å². The summed E-state index contributed by atoms with van der Waals surface area (Å²) >= 11 is 6.70. The number of hydrazine groups is 1. The quantitative estimate of drug-likeness (QED) is 0.434. The maximum atomic E-state index is 12.2. The van der Waals surface area contributed by atoms with Gasteiger partial charge in [0.15, 0.2) is 6.61 Å². The molecule has 0 fully saturated rings. The predicted octanol–water partition coefficient (Wildman–Crippen LogP) is 4.63. The second kappa shape index (κ2) is 10.8. The lowest BCUT2D eigenvalue weighted by atomic mass is 10.2. The Morgan fingerprint density at radius 1 is 0.833 bits per heavy atom. The second-order valence-electron chi connectivity index (χ2n) is 6.16. The summed E-state index contributed by atoms with van der Waals surface area (Å²) in [5, 5.41) is 0. The van der Waals surface area contributed by atoms with Crippen molar-refractivity contribution >= 4 is 43.7 Å². The number of halogens is 2. The topological polar surface area (TPSA) is 76.7 Å². The number of ether oxygens (including phenoxy) is 2. The molecule has 3 rings (SSSR count). The van der Waals surface area contributed by atoms with Gasteiger partial charge in [-0.2, -0.15) is 0 Å². The summed E-state index contributed by atoms with van der Waals surface area (Å²) in [4.78, 5) is 24.1. The lowest BCUT2D eigenvalue weighted by Gasteiger charge is -2.10. The van der Waals surface area contributed by atoms with Crippen LogP contribution < -0.4 is 20.3 Å². The number of carbonyl (C=O) groups excluding carboxylic acids is 2. The van der Waals surface area contributed by atoms with Gasteiger partial charge in [-0.15, -0.1) is 0 Å². The van der Waals surface area contributed by atoms with Gasteiger partial charge in [0.05, 0.1) is 4.47 Å².